The Bertz CT molecular complexity index is 961. The SMILES string of the molecule is C=C/N=C1C(=N\NC(=S)N2CCN(c3cccc(C(F)(F)F)c3)CC2)/CCNC/1=C(/C)Cl. The molecule has 0 radical (unpaired) electrons. The van der Waals surface area contributed by atoms with Gasteiger partial charge in [0.15, 0.2) is 5.11 Å². The minimum atomic E-state index is -4.36. The van der Waals surface area contributed by atoms with Crippen molar-refractivity contribution < 1.29 is 13.2 Å². The summed E-state index contributed by atoms with van der Waals surface area (Å²) in [6, 6.07) is 5.38. The highest BCUT2D eigenvalue weighted by Gasteiger charge is 2.31. The second-order valence-electron chi connectivity index (χ2n) is 7.24. The van der Waals surface area contributed by atoms with Crippen molar-refractivity contribution in [2.24, 2.45) is 10.1 Å². The maximum atomic E-state index is 13.0. The molecular formula is C21H24ClF3N6S. The van der Waals surface area contributed by atoms with Crippen LogP contribution in [0.25, 0.3) is 0 Å². The number of alkyl halides is 3. The number of rotatable bonds is 3. The fourth-order valence-corrected chi connectivity index (χ4v) is 3.89. The van der Waals surface area contributed by atoms with E-state index in [4.69, 9.17) is 23.8 Å². The van der Waals surface area contributed by atoms with Gasteiger partial charge in [0.25, 0.3) is 0 Å². The van der Waals surface area contributed by atoms with Gasteiger partial charge in [-0.1, -0.05) is 24.2 Å². The maximum Gasteiger partial charge on any atom is 0.416 e. The van der Waals surface area contributed by atoms with Gasteiger partial charge in [-0.3, -0.25) is 10.4 Å². The first-order valence-corrected chi connectivity index (χ1v) is 10.8. The van der Waals surface area contributed by atoms with Crippen LogP contribution in [0.5, 0.6) is 0 Å². The number of piperidine rings is 1. The molecule has 0 aromatic heterocycles. The van der Waals surface area contributed by atoms with Crippen LogP contribution in [0.1, 0.15) is 18.9 Å². The summed E-state index contributed by atoms with van der Waals surface area (Å²) in [5.41, 5.74) is 4.86. The number of thiocarbonyl (C=S) groups is 1. The Labute approximate surface area is 195 Å². The van der Waals surface area contributed by atoms with Crippen LogP contribution in [-0.4, -0.2) is 54.2 Å². The third kappa shape index (κ3) is 5.80. The molecule has 172 valence electrons. The largest absolute Gasteiger partial charge is 0.416 e. The van der Waals surface area contributed by atoms with Crippen molar-refractivity contribution in [1.29, 1.82) is 0 Å². The van der Waals surface area contributed by atoms with Gasteiger partial charge < -0.3 is 15.1 Å². The average molecular weight is 485 g/mol. The molecule has 2 saturated heterocycles. The summed E-state index contributed by atoms with van der Waals surface area (Å²) in [5.74, 6) is 0. The maximum absolute atomic E-state index is 13.0. The smallest absolute Gasteiger partial charge is 0.382 e. The first-order valence-electron chi connectivity index (χ1n) is 10.0. The average Bonchev–Trinajstić information content (AvgIpc) is 2.77. The normalized spacial score (nSPS) is 21.4. The molecule has 0 aliphatic carbocycles. The van der Waals surface area contributed by atoms with Crippen LogP contribution in [0.15, 0.2) is 57.9 Å². The molecule has 0 spiro atoms. The van der Waals surface area contributed by atoms with Gasteiger partial charge in [-0.15, -0.1) is 0 Å². The predicted molar refractivity (Wildman–Crippen MR) is 127 cm³/mol. The molecule has 2 N–H and O–H groups in total. The zero-order valence-corrected chi connectivity index (χ0v) is 19.1. The minimum absolute atomic E-state index is 0.450. The number of hydrogen-bond acceptors (Lipinski definition) is 5. The monoisotopic (exact) mass is 484 g/mol. The lowest BCUT2D eigenvalue weighted by Crippen LogP contribution is -2.51. The van der Waals surface area contributed by atoms with Gasteiger partial charge in [-0.05, 0) is 37.3 Å². The van der Waals surface area contributed by atoms with Gasteiger partial charge in [0.2, 0.25) is 0 Å². The summed E-state index contributed by atoms with van der Waals surface area (Å²) in [4.78, 5) is 8.15. The second-order valence-corrected chi connectivity index (χ2v) is 8.20. The summed E-state index contributed by atoms with van der Waals surface area (Å²) in [6.07, 6.45) is -2.29. The third-order valence-electron chi connectivity index (χ3n) is 5.13. The number of halogens is 4. The van der Waals surface area contributed by atoms with E-state index in [0.717, 1.165) is 6.07 Å². The Hall–Kier alpha value is -2.59. The van der Waals surface area contributed by atoms with E-state index in [1.54, 1.807) is 13.0 Å². The number of benzene rings is 1. The van der Waals surface area contributed by atoms with E-state index in [1.807, 2.05) is 9.80 Å². The van der Waals surface area contributed by atoms with Crippen LogP contribution in [0.4, 0.5) is 18.9 Å². The fraction of sp³-hybridized carbons (Fsp3) is 0.381. The Balaban J connectivity index is 1.62. The molecule has 0 bridgehead atoms. The van der Waals surface area contributed by atoms with Gasteiger partial charge >= 0.3 is 6.18 Å². The van der Waals surface area contributed by atoms with Gasteiger partial charge in [-0.2, -0.15) is 18.3 Å². The zero-order chi connectivity index (χ0) is 23.3. The van der Waals surface area contributed by atoms with Gasteiger partial charge in [-0.25, -0.2) is 0 Å². The summed E-state index contributed by atoms with van der Waals surface area (Å²) in [7, 11) is 0. The summed E-state index contributed by atoms with van der Waals surface area (Å²) in [5, 5.41) is 8.68. The first-order chi connectivity index (χ1) is 15.2. The lowest BCUT2D eigenvalue weighted by atomic mass is 10.0. The highest BCUT2D eigenvalue weighted by molar-refractivity contribution is 7.80. The van der Waals surface area contributed by atoms with Crippen LogP contribution in [-0.2, 0) is 6.18 Å². The van der Waals surface area contributed by atoms with E-state index in [1.165, 1.54) is 18.3 Å². The van der Waals surface area contributed by atoms with Crippen molar-refractivity contribution in [3.8, 4) is 0 Å². The van der Waals surface area contributed by atoms with Crippen molar-refractivity contribution >= 4 is 46.0 Å². The van der Waals surface area contributed by atoms with E-state index >= 15 is 0 Å². The first kappa shape index (κ1) is 24.1. The van der Waals surface area contributed by atoms with E-state index in [0.29, 0.717) is 72.1 Å². The number of hydrogen-bond donors (Lipinski definition) is 2. The van der Waals surface area contributed by atoms with Crippen molar-refractivity contribution in [2.75, 3.05) is 37.6 Å². The van der Waals surface area contributed by atoms with E-state index in [9.17, 15) is 13.2 Å². The zero-order valence-electron chi connectivity index (χ0n) is 17.5. The molecule has 0 atom stereocenters. The number of nitrogens with zero attached hydrogens (tertiary/aromatic N) is 4. The lowest BCUT2D eigenvalue weighted by Gasteiger charge is -2.37. The highest BCUT2D eigenvalue weighted by Crippen LogP contribution is 2.31. The molecule has 32 heavy (non-hydrogen) atoms. The number of nitrogens with one attached hydrogen (secondary N) is 2. The molecule has 0 saturated carbocycles. The van der Waals surface area contributed by atoms with Crippen LogP contribution >= 0.6 is 23.8 Å². The number of allylic oxidation sites excluding steroid dienone is 2. The predicted octanol–water partition coefficient (Wildman–Crippen LogP) is 4.11. The van der Waals surface area contributed by atoms with Crippen molar-refractivity contribution in [1.82, 2.24) is 15.6 Å². The molecule has 2 heterocycles. The molecule has 2 fully saturated rings. The second kappa shape index (κ2) is 10.4. The number of piperazine rings is 1. The Morgan fingerprint density at radius 1 is 1.28 bits per heavy atom. The fourth-order valence-electron chi connectivity index (χ4n) is 3.51. The molecule has 3 rings (SSSR count). The topological polar surface area (TPSA) is 55.3 Å². The Morgan fingerprint density at radius 2 is 2.00 bits per heavy atom. The van der Waals surface area contributed by atoms with Crippen LogP contribution in [0, 0.1) is 0 Å². The minimum Gasteiger partial charge on any atom is -0.382 e. The highest BCUT2D eigenvalue weighted by atomic mass is 35.5. The molecule has 0 unspecified atom stereocenters. The number of anilines is 1. The van der Waals surface area contributed by atoms with Crippen molar-refractivity contribution in [3.05, 3.63) is 53.3 Å². The molecule has 1 aromatic rings. The van der Waals surface area contributed by atoms with E-state index in [2.05, 4.69) is 27.4 Å². The number of aliphatic imine (C=N–C) groups is 1. The molecule has 2 aliphatic heterocycles. The molecule has 11 heteroatoms. The molecule has 6 nitrogen and oxygen atoms in total. The molecule has 1 aromatic carbocycles. The summed E-state index contributed by atoms with van der Waals surface area (Å²) >= 11 is 11.6. The van der Waals surface area contributed by atoms with Gasteiger partial charge in [0.05, 0.1) is 17.0 Å². The Kier molecular flexibility index (Phi) is 7.78. The number of hydrazone groups is 1. The van der Waals surface area contributed by atoms with Crippen LogP contribution in [0.3, 0.4) is 0 Å². The summed E-state index contributed by atoms with van der Waals surface area (Å²) in [6.45, 7) is 8.30. The molecular weight excluding hydrogens is 461 g/mol. The molecule has 2 aliphatic rings. The lowest BCUT2D eigenvalue weighted by molar-refractivity contribution is -0.137. The standard InChI is InChI=1S/C21H24ClF3N6S/c1-3-26-19-17(7-8-27-18(19)14(2)22)28-29-20(32)31-11-9-30(10-12-31)16-6-4-5-15(13-16)21(23,24)25/h3-6,13,27H,1,7-12H2,2H3,(H,29,32)/b18-14-,26-19-,28-17-. The van der Waals surface area contributed by atoms with Crippen molar-refractivity contribution in [3.63, 3.8) is 0 Å². The van der Waals surface area contributed by atoms with Gasteiger partial charge in [0.1, 0.15) is 5.71 Å². The van der Waals surface area contributed by atoms with E-state index in [-0.39, 0.29) is 0 Å². The van der Waals surface area contributed by atoms with Gasteiger partial charge in [0, 0.05) is 56.1 Å². The summed E-state index contributed by atoms with van der Waals surface area (Å²) < 4.78 is 39.0. The van der Waals surface area contributed by atoms with Crippen molar-refractivity contribution in [2.45, 2.75) is 19.5 Å². The van der Waals surface area contributed by atoms with Crippen LogP contribution < -0.4 is 15.6 Å². The van der Waals surface area contributed by atoms with Crippen LogP contribution in [0.2, 0.25) is 0 Å². The quantitative estimate of drug-likeness (QED) is 0.499. The molecule has 0 amide bonds. The third-order valence-corrected chi connectivity index (χ3v) is 5.67. The van der Waals surface area contributed by atoms with E-state index < -0.39 is 11.7 Å². The Morgan fingerprint density at radius 3 is 2.62 bits per heavy atom.